The summed E-state index contributed by atoms with van der Waals surface area (Å²) in [5.41, 5.74) is 1.57. The SMILES string of the molecule is CN=C(NCc1ccc(-n2ccnc2)nc1)NCc1ccccc1OC(F)F. The van der Waals surface area contributed by atoms with Gasteiger partial charge in [0.25, 0.3) is 0 Å². The van der Waals surface area contributed by atoms with Gasteiger partial charge in [-0.2, -0.15) is 8.78 Å². The van der Waals surface area contributed by atoms with Crippen LogP contribution in [0.1, 0.15) is 11.1 Å². The number of rotatable bonds is 7. The van der Waals surface area contributed by atoms with E-state index < -0.39 is 6.61 Å². The number of benzene rings is 1. The zero-order valence-electron chi connectivity index (χ0n) is 15.2. The lowest BCUT2D eigenvalue weighted by Gasteiger charge is -2.14. The number of guanidine groups is 1. The van der Waals surface area contributed by atoms with Crippen LogP contribution in [0.5, 0.6) is 5.75 Å². The Morgan fingerprint density at radius 1 is 1.18 bits per heavy atom. The van der Waals surface area contributed by atoms with Crippen molar-refractivity contribution in [2.75, 3.05) is 7.05 Å². The molecule has 7 nitrogen and oxygen atoms in total. The molecule has 0 saturated heterocycles. The number of alkyl halides is 2. The molecule has 3 rings (SSSR count). The minimum Gasteiger partial charge on any atom is -0.434 e. The van der Waals surface area contributed by atoms with Crippen LogP contribution < -0.4 is 15.4 Å². The average Bonchev–Trinajstić information content (AvgIpc) is 3.24. The van der Waals surface area contributed by atoms with E-state index in [1.807, 2.05) is 22.9 Å². The molecule has 0 spiro atoms. The number of aliphatic imine (C=N–C) groups is 1. The first-order chi connectivity index (χ1) is 13.7. The second-order valence-electron chi connectivity index (χ2n) is 5.76. The van der Waals surface area contributed by atoms with E-state index in [4.69, 9.17) is 0 Å². The quantitative estimate of drug-likeness (QED) is 0.482. The number of para-hydroxylation sites is 1. The molecule has 3 aromatic rings. The third-order valence-corrected chi connectivity index (χ3v) is 3.90. The summed E-state index contributed by atoms with van der Waals surface area (Å²) in [5, 5.41) is 6.25. The Morgan fingerprint density at radius 2 is 2.00 bits per heavy atom. The molecule has 2 aromatic heterocycles. The maximum absolute atomic E-state index is 12.5. The molecule has 0 bridgehead atoms. The van der Waals surface area contributed by atoms with Gasteiger partial charge in [0.2, 0.25) is 0 Å². The summed E-state index contributed by atoms with van der Waals surface area (Å²) in [5.74, 6) is 1.45. The van der Waals surface area contributed by atoms with Crippen LogP contribution in [-0.2, 0) is 13.1 Å². The third-order valence-electron chi connectivity index (χ3n) is 3.90. The van der Waals surface area contributed by atoms with Crippen molar-refractivity contribution in [1.82, 2.24) is 25.2 Å². The number of nitrogens with zero attached hydrogens (tertiary/aromatic N) is 4. The van der Waals surface area contributed by atoms with Crippen LogP contribution >= 0.6 is 0 Å². The predicted octanol–water partition coefficient (Wildman–Crippen LogP) is 2.73. The van der Waals surface area contributed by atoms with Crippen LogP contribution in [-0.4, -0.2) is 34.2 Å². The summed E-state index contributed by atoms with van der Waals surface area (Å²) in [4.78, 5) is 12.5. The Hall–Kier alpha value is -3.49. The lowest BCUT2D eigenvalue weighted by atomic mass is 10.2. The van der Waals surface area contributed by atoms with E-state index in [-0.39, 0.29) is 5.75 Å². The topological polar surface area (TPSA) is 76.4 Å². The molecular weight excluding hydrogens is 366 g/mol. The van der Waals surface area contributed by atoms with Crippen molar-refractivity contribution >= 4 is 5.96 Å². The fourth-order valence-corrected chi connectivity index (χ4v) is 2.51. The molecular formula is C19H20F2N6O. The number of ether oxygens (including phenoxy) is 1. The molecule has 2 heterocycles. The molecule has 0 unspecified atom stereocenters. The molecule has 0 aliphatic heterocycles. The van der Waals surface area contributed by atoms with Gasteiger partial charge in [0.15, 0.2) is 5.96 Å². The highest BCUT2D eigenvalue weighted by Crippen LogP contribution is 2.19. The maximum Gasteiger partial charge on any atom is 0.387 e. The Kier molecular flexibility index (Phi) is 6.50. The molecule has 146 valence electrons. The summed E-state index contributed by atoms with van der Waals surface area (Å²) < 4.78 is 31.4. The normalized spacial score (nSPS) is 11.5. The van der Waals surface area contributed by atoms with E-state index in [1.54, 1.807) is 44.0 Å². The summed E-state index contributed by atoms with van der Waals surface area (Å²) in [6, 6.07) is 10.5. The first kappa shape index (κ1) is 19.3. The van der Waals surface area contributed by atoms with E-state index in [1.165, 1.54) is 6.07 Å². The van der Waals surface area contributed by atoms with Gasteiger partial charge in [-0.1, -0.05) is 24.3 Å². The molecule has 0 aliphatic carbocycles. The number of hydrogen-bond acceptors (Lipinski definition) is 4. The highest BCUT2D eigenvalue weighted by Gasteiger charge is 2.09. The van der Waals surface area contributed by atoms with Gasteiger partial charge in [0.05, 0.1) is 0 Å². The Labute approximate surface area is 161 Å². The van der Waals surface area contributed by atoms with E-state index in [0.717, 1.165) is 11.4 Å². The number of imidazole rings is 1. The smallest absolute Gasteiger partial charge is 0.387 e. The van der Waals surface area contributed by atoms with Crippen LogP contribution in [0.2, 0.25) is 0 Å². The Bertz CT molecular complexity index is 897. The van der Waals surface area contributed by atoms with Crippen molar-refractivity contribution in [3.8, 4) is 11.6 Å². The first-order valence-corrected chi connectivity index (χ1v) is 8.56. The van der Waals surface area contributed by atoms with Crippen molar-refractivity contribution in [1.29, 1.82) is 0 Å². The molecule has 0 radical (unpaired) electrons. The monoisotopic (exact) mass is 386 g/mol. The third kappa shape index (κ3) is 5.26. The van der Waals surface area contributed by atoms with Crippen molar-refractivity contribution in [2.24, 2.45) is 4.99 Å². The van der Waals surface area contributed by atoms with Gasteiger partial charge in [-0.05, 0) is 17.7 Å². The zero-order chi connectivity index (χ0) is 19.8. The summed E-state index contributed by atoms with van der Waals surface area (Å²) >= 11 is 0. The highest BCUT2D eigenvalue weighted by molar-refractivity contribution is 5.79. The highest BCUT2D eigenvalue weighted by atomic mass is 19.3. The van der Waals surface area contributed by atoms with E-state index >= 15 is 0 Å². The van der Waals surface area contributed by atoms with Crippen molar-refractivity contribution < 1.29 is 13.5 Å². The second kappa shape index (κ2) is 9.45. The lowest BCUT2D eigenvalue weighted by molar-refractivity contribution is -0.0504. The second-order valence-corrected chi connectivity index (χ2v) is 5.76. The van der Waals surface area contributed by atoms with Crippen LogP contribution in [0.3, 0.4) is 0 Å². The van der Waals surface area contributed by atoms with E-state index in [0.29, 0.717) is 24.6 Å². The molecule has 0 fully saturated rings. The van der Waals surface area contributed by atoms with Crippen molar-refractivity contribution in [3.63, 3.8) is 0 Å². The Balaban J connectivity index is 1.54. The van der Waals surface area contributed by atoms with E-state index in [2.05, 4.69) is 30.3 Å². The lowest BCUT2D eigenvalue weighted by Crippen LogP contribution is -2.36. The molecule has 0 saturated carbocycles. The van der Waals surface area contributed by atoms with E-state index in [9.17, 15) is 8.78 Å². The van der Waals surface area contributed by atoms with Gasteiger partial charge in [0, 0.05) is 44.3 Å². The first-order valence-electron chi connectivity index (χ1n) is 8.56. The van der Waals surface area contributed by atoms with Crippen LogP contribution in [0.4, 0.5) is 8.78 Å². The summed E-state index contributed by atoms with van der Waals surface area (Å²) in [7, 11) is 1.64. The molecule has 9 heteroatoms. The molecule has 0 atom stereocenters. The standard InChI is InChI=1S/C19H20F2N6O/c1-22-19(26-12-15-4-2-3-5-16(15)28-18(20)21)25-11-14-6-7-17(24-10-14)27-9-8-23-13-27/h2-10,13,18H,11-12H2,1H3,(H2,22,25,26). The molecule has 2 N–H and O–H groups in total. The van der Waals surface area contributed by atoms with Gasteiger partial charge in [-0.3, -0.25) is 9.56 Å². The molecule has 0 amide bonds. The minimum atomic E-state index is -2.86. The number of aromatic nitrogens is 3. The maximum atomic E-state index is 12.5. The molecule has 0 aliphatic rings. The van der Waals surface area contributed by atoms with Crippen molar-refractivity contribution in [3.05, 3.63) is 72.4 Å². The van der Waals surface area contributed by atoms with Crippen LogP contribution in [0.25, 0.3) is 5.82 Å². The van der Waals surface area contributed by atoms with Gasteiger partial charge in [-0.15, -0.1) is 0 Å². The van der Waals surface area contributed by atoms with Crippen LogP contribution in [0.15, 0.2) is 66.3 Å². The van der Waals surface area contributed by atoms with Gasteiger partial charge >= 0.3 is 6.61 Å². The average molecular weight is 386 g/mol. The summed E-state index contributed by atoms with van der Waals surface area (Å²) in [6.45, 7) is -2.07. The Morgan fingerprint density at radius 3 is 2.68 bits per heavy atom. The number of pyridine rings is 1. The van der Waals surface area contributed by atoms with Gasteiger partial charge in [0.1, 0.15) is 17.9 Å². The zero-order valence-corrected chi connectivity index (χ0v) is 15.2. The van der Waals surface area contributed by atoms with Gasteiger partial charge in [-0.25, -0.2) is 9.97 Å². The van der Waals surface area contributed by atoms with Crippen molar-refractivity contribution in [2.45, 2.75) is 19.7 Å². The summed E-state index contributed by atoms with van der Waals surface area (Å²) in [6.07, 6.45) is 6.96. The van der Waals surface area contributed by atoms with Gasteiger partial charge < -0.3 is 15.4 Å². The fourth-order valence-electron chi connectivity index (χ4n) is 2.51. The van der Waals surface area contributed by atoms with Crippen LogP contribution in [0, 0.1) is 0 Å². The minimum absolute atomic E-state index is 0.139. The predicted molar refractivity (Wildman–Crippen MR) is 101 cm³/mol. The largest absolute Gasteiger partial charge is 0.434 e. The number of nitrogens with one attached hydrogen (secondary N) is 2. The molecule has 1 aromatic carbocycles. The fraction of sp³-hybridized carbons (Fsp3) is 0.211. The number of hydrogen-bond donors (Lipinski definition) is 2. The molecule has 28 heavy (non-hydrogen) atoms. The number of halogens is 2.